The van der Waals surface area contributed by atoms with E-state index in [1.807, 2.05) is 18.2 Å². The molecule has 2 atom stereocenters. The number of rotatable bonds is 2. The lowest BCUT2D eigenvalue weighted by atomic mass is 9.80. The van der Waals surface area contributed by atoms with Crippen molar-refractivity contribution in [3.8, 4) is 0 Å². The molecular weight excluding hydrogens is 291 g/mol. The SMILES string of the molecule is O=C(Nc1ccc2c(c1)CCC2)C1CCCC(C(F)(F)F)C1. The molecule has 0 aliphatic heterocycles. The van der Waals surface area contributed by atoms with E-state index in [4.69, 9.17) is 0 Å². The minimum Gasteiger partial charge on any atom is -0.326 e. The zero-order chi connectivity index (χ0) is 15.7. The molecule has 2 unspecified atom stereocenters. The number of amides is 1. The molecule has 1 fully saturated rings. The number of halogens is 3. The summed E-state index contributed by atoms with van der Waals surface area (Å²) in [5.74, 6) is -2.14. The minimum atomic E-state index is -4.19. The topological polar surface area (TPSA) is 29.1 Å². The molecule has 0 spiro atoms. The van der Waals surface area contributed by atoms with Crippen LogP contribution in [-0.2, 0) is 17.6 Å². The fourth-order valence-electron chi connectivity index (χ4n) is 3.62. The minimum absolute atomic E-state index is 0.0831. The van der Waals surface area contributed by atoms with Crippen LogP contribution in [0.3, 0.4) is 0 Å². The van der Waals surface area contributed by atoms with Gasteiger partial charge in [0.2, 0.25) is 5.91 Å². The van der Waals surface area contributed by atoms with Crippen LogP contribution < -0.4 is 5.32 Å². The molecule has 120 valence electrons. The van der Waals surface area contributed by atoms with Gasteiger partial charge >= 0.3 is 6.18 Å². The molecule has 1 aromatic rings. The molecule has 2 aliphatic rings. The molecule has 3 rings (SSSR count). The fraction of sp³-hybridized carbons (Fsp3) is 0.588. The van der Waals surface area contributed by atoms with Crippen LogP contribution in [0, 0.1) is 11.8 Å². The summed E-state index contributed by atoms with van der Waals surface area (Å²) in [5.41, 5.74) is 3.27. The number of fused-ring (bicyclic) bond motifs is 1. The van der Waals surface area contributed by atoms with E-state index in [0.717, 1.165) is 19.3 Å². The molecular formula is C17H20F3NO. The van der Waals surface area contributed by atoms with Gasteiger partial charge in [0.1, 0.15) is 0 Å². The van der Waals surface area contributed by atoms with Gasteiger partial charge in [-0.05, 0) is 61.8 Å². The van der Waals surface area contributed by atoms with Crippen LogP contribution in [0.15, 0.2) is 18.2 Å². The molecule has 0 aromatic heterocycles. The largest absolute Gasteiger partial charge is 0.391 e. The number of hydrogen-bond donors (Lipinski definition) is 1. The molecule has 0 heterocycles. The Labute approximate surface area is 128 Å². The third kappa shape index (κ3) is 3.28. The van der Waals surface area contributed by atoms with E-state index >= 15 is 0 Å². The summed E-state index contributed by atoms with van der Waals surface area (Å²) in [4.78, 5) is 12.3. The summed E-state index contributed by atoms with van der Waals surface area (Å²) >= 11 is 0. The van der Waals surface area contributed by atoms with Crippen molar-refractivity contribution >= 4 is 11.6 Å². The highest BCUT2D eigenvalue weighted by Crippen LogP contribution is 2.40. The lowest BCUT2D eigenvalue weighted by Gasteiger charge is -2.29. The van der Waals surface area contributed by atoms with E-state index < -0.39 is 18.0 Å². The van der Waals surface area contributed by atoms with Crippen LogP contribution in [0.25, 0.3) is 0 Å². The molecule has 1 amide bonds. The maximum atomic E-state index is 12.8. The Balaban J connectivity index is 1.64. The second-order valence-electron chi connectivity index (χ2n) is 6.43. The summed E-state index contributed by atoms with van der Waals surface area (Å²) < 4.78 is 38.5. The van der Waals surface area contributed by atoms with Gasteiger partial charge in [0.05, 0.1) is 5.92 Å². The van der Waals surface area contributed by atoms with Gasteiger partial charge in [0.15, 0.2) is 0 Å². The smallest absolute Gasteiger partial charge is 0.326 e. The van der Waals surface area contributed by atoms with Crippen molar-refractivity contribution < 1.29 is 18.0 Å². The van der Waals surface area contributed by atoms with Crippen molar-refractivity contribution in [2.75, 3.05) is 5.32 Å². The Morgan fingerprint density at radius 3 is 2.64 bits per heavy atom. The average molecular weight is 311 g/mol. The number of alkyl halides is 3. The predicted octanol–water partition coefficient (Wildman–Crippen LogP) is 4.48. The van der Waals surface area contributed by atoms with Gasteiger partial charge in [-0.1, -0.05) is 12.5 Å². The fourth-order valence-corrected chi connectivity index (χ4v) is 3.62. The highest BCUT2D eigenvalue weighted by atomic mass is 19.4. The van der Waals surface area contributed by atoms with Crippen molar-refractivity contribution in [1.82, 2.24) is 0 Å². The maximum Gasteiger partial charge on any atom is 0.391 e. The molecule has 0 bridgehead atoms. The van der Waals surface area contributed by atoms with E-state index in [2.05, 4.69) is 5.32 Å². The molecule has 2 nitrogen and oxygen atoms in total. The van der Waals surface area contributed by atoms with Gasteiger partial charge in [0, 0.05) is 11.6 Å². The van der Waals surface area contributed by atoms with E-state index in [1.54, 1.807) is 0 Å². The van der Waals surface area contributed by atoms with E-state index in [0.29, 0.717) is 18.5 Å². The molecule has 0 radical (unpaired) electrons. The number of nitrogens with one attached hydrogen (secondary N) is 1. The first-order valence-corrected chi connectivity index (χ1v) is 7.93. The van der Waals surface area contributed by atoms with Crippen molar-refractivity contribution in [1.29, 1.82) is 0 Å². The van der Waals surface area contributed by atoms with Gasteiger partial charge in [-0.2, -0.15) is 13.2 Å². The lowest BCUT2D eigenvalue weighted by molar-refractivity contribution is -0.185. The Kier molecular flexibility index (Phi) is 4.15. The standard InChI is InChI=1S/C17H20F3NO/c18-17(19,20)14-6-2-5-13(9-14)16(22)21-15-8-7-11-3-1-4-12(11)10-15/h7-8,10,13-14H,1-6,9H2,(H,21,22). The number of benzene rings is 1. The van der Waals surface area contributed by atoms with Gasteiger partial charge in [-0.25, -0.2) is 0 Å². The van der Waals surface area contributed by atoms with Crippen molar-refractivity contribution in [2.45, 2.75) is 51.1 Å². The molecule has 5 heteroatoms. The molecule has 1 saturated carbocycles. The first kappa shape index (κ1) is 15.4. The van der Waals surface area contributed by atoms with Gasteiger partial charge in [-0.3, -0.25) is 4.79 Å². The van der Waals surface area contributed by atoms with Crippen LogP contribution >= 0.6 is 0 Å². The van der Waals surface area contributed by atoms with Crippen LogP contribution in [-0.4, -0.2) is 12.1 Å². The normalized spacial score (nSPS) is 24.9. The molecule has 22 heavy (non-hydrogen) atoms. The first-order valence-electron chi connectivity index (χ1n) is 7.93. The third-order valence-corrected chi connectivity index (χ3v) is 4.87. The van der Waals surface area contributed by atoms with Gasteiger partial charge in [0.25, 0.3) is 0 Å². The van der Waals surface area contributed by atoms with Crippen molar-refractivity contribution in [3.63, 3.8) is 0 Å². The van der Waals surface area contributed by atoms with Crippen molar-refractivity contribution in [3.05, 3.63) is 29.3 Å². The Morgan fingerprint density at radius 2 is 1.86 bits per heavy atom. The zero-order valence-corrected chi connectivity index (χ0v) is 12.4. The summed E-state index contributed by atoms with van der Waals surface area (Å²) in [6.45, 7) is 0. The summed E-state index contributed by atoms with van der Waals surface area (Å²) in [6, 6.07) is 5.83. The van der Waals surface area contributed by atoms with E-state index in [-0.39, 0.29) is 18.7 Å². The molecule has 1 N–H and O–H groups in total. The summed E-state index contributed by atoms with van der Waals surface area (Å²) in [6.07, 6.45) is 0.0927. The predicted molar refractivity (Wildman–Crippen MR) is 78.6 cm³/mol. The average Bonchev–Trinajstić information content (AvgIpc) is 2.94. The second kappa shape index (κ2) is 5.94. The highest BCUT2D eigenvalue weighted by molar-refractivity contribution is 5.92. The number of carbonyl (C=O) groups is 1. The molecule has 1 aromatic carbocycles. The van der Waals surface area contributed by atoms with Crippen LogP contribution in [0.4, 0.5) is 18.9 Å². The van der Waals surface area contributed by atoms with Crippen LogP contribution in [0.2, 0.25) is 0 Å². The third-order valence-electron chi connectivity index (χ3n) is 4.87. The highest BCUT2D eigenvalue weighted by Gasteiger charge is 2.43. The van der Waals surface area contributed by atoms with E-state index in [1.165, 1.54) is 11.1 Å². The number of hydrogen-bond acceptors (Lipinski definition) is 1. The monoisotopic (exact) mass is 311 g/mol. The summed E-state index contributed by atoms with van der Waals surface area (Å²) in [5, 5.41) is 2.81. The van der Waals surface area contributed by atoms with Gasteiger partial charge in [-0.15, -0.1) is 0 Å². The Morgan fingerprint density at radius 1 is 1.09 bits per heavy atom. The maximum absolute atomic E-state index is 12.8. The Hall–Kier alpha value is -1.52. The number of anilines is 1. The molecule has 0 saturated heterocycles. The van der Waals surface area contributed by atoms with Crippen LogP contribution in [0.1, 0.15) is 43.2 Å². The molecule has 2 aliphatic carbocycles. The van der Waals surface area contributed by atoms with Gasteiger partial charge < -0.3 is 5.32 Å². The number of carbonyl (C=O) groups excluding carboxylic acids is 1. The Bertz CT molecular complexity index is 568. The second-order valence-corrected chi connectivity index (χ2v) is 6.43. The quantitative estimate of drug-likeness (QED) is 0.857. The first-order chi connectivity index (χ1) is 10.4. The summed E-state index contributed by atoms with van der Waals surface area (Å²) in [7, 11) is 0. The lowest BCUT2D eigenvalue weighted by Crippen LogP contribution is -2.34. The van der Waals surface area contributed by atoms with E-state index in [9.17, 15) is 18.0 Å². The van der Waals surface area contributed by atoms with Crippen LogP contribution in [0.5, 0.6) is 0 Å². The van der Waals surface area contributed by atoms with Crippen molar-refractivity contribution in [2.24, 2.45) is 11.8 Å². The zero-order valence-electron chi connectivity index (χ0n) is 12.4. The number of aryl methyl sites for hydroxylation is 2.